The van der Waals surface area contributed by atoms with Gasteiger partial charge in [0.15, 0.2) is 0 Å². The van der Waals surface area contributed by atoms with Crippen molar-refractivity contribution in [3.05, 3.63) is 54.1 Å². The molecule has 0 spiro atoms. The molecule has 0 fully saturated rings. The third-order valence-electron chi connectivity index (χ3n) is 3.06. The molecule has 1 atom stereocenters. The summed E-state index contributed by atoms with van der Waals surface area (Å²) < 4.78 is 1.93. The van der Waals surface area contributed by atoms with Crippen molar-refractivity contribution in [3.63, 3.8) is 0 Å². The van der Waals surface area contributed by atoms with Gasteiger partial charge in [0.05, 0.1) is 0 Å². The van der Waals surface area contributed by atoms with Crippen molar-refractivity contribution in [1.29, 1.82) is 0 Å². The van der Waals surface area contributed by atoms with Crippen molar-refractivity contribution < 1.29 is 4.79 Å². The van der Waals surface area contributed by atoms with E-state index < -0.39 is 0 Å². The molecule has 1 N–H and O–H groups in total. The first-order valence-electron chi connectivity index (χ1n) is 6.42. The molecule has 19 heavy (non-hydrogen) atoms. The molecule has 0 saturated carbocycles. The highest BCUT2D eigenvalue weighted by atomic mass is 16.1. The lowest BCUT2D eigenvalue weighted by molar-refractivity contribution is -0.124. The first-order chi connectivity index (χ1) is 9.09. The van der Waals surface area contributed by atoms with Crippen LogP contribution in [0.5, 0.6) is 0 Å². The smallest absolute Gasteiger partial charge is 0.223 e. The number of rotatable bonds is 4. The van der Waals surface area contributed by atoms with E-state index in [9.17, 15) is 4.79 Å². The second kappa shape index (κ2) is 5.69. The van der Waals surface area contributed by atoms with Gasteiger partial charge in [0, 0.05) is 25.4 Å². The predicted octanol–water partition coefficient (Wildman–Crippen LogP) is 2.28. The van der Waals surface area contributed by atoms with Gasteiger partial charge in [-0.15, -0.1) is 0 Å². The number of carbonyl (C=O) groups excluding carboxylic acids is 1. The lowest BCUT2D eigenvalue weighted by Crippen LogP contribution is -2.33. The minimum Gasteiger partial charge on any atom is -0.342 e. The van der Waals surface area contributed by atoms with Crippen LogP contribution in [0.2, 0.25) is 0 Å². The molecule has 1 amide bonds. The van der Waals surface area contributed by atoms with Crippen molar-refractivity contribution in [3.8, 4) is 0 Å². The van der Waals surface area contributed by atoms with Crippen LogP contribution >= 0.6 is 0 Å². The van der Waals surface area contributed by atoms with Gasteiger partial charge in [0.1, 0.15) is 11.9 Å². The van der Waals surface area contributed by atoms with E-state index in [1.54, 1.807) is 6.20 Å². The number of aryl methyl sites for hydroxylation is 1. The normalized spacial score (nSPS) is 12.4. The van der Waals surface area contributed by atoms with E-state index in [1.807, 2.05) is 62.0 Å². The first-order valence-corrected chi connectivity index (χ1v) is 6.42. The van der Waals surface area contributed by atoms with Crippen LogP contribution in [0.15, 0.2) is 42.7 Å². The maximum atomic E-state index is 12.0. The third kappa shape index (κ3) is 3.02. The van der Waals surface area contributed by atoms with E-state index in [4.69, 9.17) is 0 Å². The summed E-state index contributed by atoms with van der Waals surface area (Å²) in [6, 6.07) is 9.68. The molecule has 0 aliphatic carbocycles. The molecule has 1 unspecified atom stereocenters. The van der Waals surface area contributed by atoms with Gasteiger partial charge in [-0.05, 0) is 5.56 Å². The second-order valence-electron chi connectivity index (χ2n) is 4.90. The van der Waals surface area contributed by atoms with Crippen molar-refractivity contribution in [2.45, 2.75) is 19.9 Å². The average Bonchev–Trinajstić information content (AvgIpc) is 2.82. The first kappa shape index (κ1) is 13.3. The van der Waals surface area contributed by atoms with Crippen LogP contribution in [0, 0.1) is 5.92 Å². The van der Waals surface area contributed by atoms with Crippen molar-refractivity contribution in [2.75, 3.05) is 0 Å². The molecular weight excluding hydrogens is 238 g/mol. The highest BCUT2D eigenvalue weighted by molar-refractivity contribution is 5.78. The molecule has 0 saturated heterocycles. The SMILES string of the molecule is CC(C)C(=O)NC(c1ccccc1)c1nccn1C. The molecule has 0 bridgehead atoms. The standard InChI is InChI=1S/C15H19N3O/c1-11(2)15(19)17-13(12-7-5-4-6-8-12)14-16-9-10-18(14)3/h4-11,13H,1-3H3,(H,17,19). The summed E-state index contributed by atoms with van der Waals surface area (Å²) >= 11 is 0. The number of hydrogen-bond donors (Lipinski definition) is 1. The van der Waals surface area contributed by atoms with Gasteiger partial charge in [-0.2, -0.15) is 0 Å². The zero-order chi connectivity index (χ0) is 13.8. The monoisotopic (exact) mass is 257 g/mol. The van der Waals surface area contributed by atoms with E-state index in [0.29, 0.717) is 0 Å². The Morgan fingerprint density at radius 3 is 2.47 bits per heavy atom. The molecule has 2 aromatic rings. The second-order valence-corrected chi connectivity index (χ2v) is 4.90. The fourth-order valence-electron chi connectivity index (χ4n) is 1.91. The van der Waals surface area contributed by atoms with Gasteiger partial charge < -0.3 is 9.88 Å². The van der Waals surface area contributed by atoms with E-state index in [2.05, 4.69) is 10.3 Å². The van der Waals surface area contributed by atoms with Crippen molar-refractivity contribution >= 4 is 5.91 Å². The number of hydrogen-bond acceptors (Lipinski definition) is 2. The molecule has 100 valence electrons. The van der Waals surface area contributed by atoms with Crippen LogP contribution in [0.25, 0.3) is 0 Å². The van der Waals surface area contributed by atoms with Crippen molar-refractivity contribution in [1.82, 2.24) is 14.9 Å². The number of imidazole rings is 1. The van der Waals surface area contributed by atoms with Gasteiger partial charge in [0.2, 0.25) is 5.91 Å². The average molecular weight is 257 g/mol. The minimum atomic E-state index is -0.212. The Hall–Kier alpha value is -2.10. The van der Waals surface area contributed by atoms with Gasteiger partial charge >= 0.3 is 0 Å². The minimum absolute atomic E-state index is 0.0249. The largest absolute Gasteiger partial charge is 0.342 e. The van der Waals surface area contributed by atoms with E-state index >= 15 is 0 Å². The molecule has 0 radical (unpaired) electrons. The van der Waals surface area contributed by atoms with Crippen molar-refractivity contribution in [2.24, 2.45) is 13.0 Å². The van der Waals surface area contributed by atoms with Crippen LogP contribution in [0.3, 0.4) is 0 Å². The maximum Gasteiger partial charge on any atom is 0.223 e. The summed E-state index contributed by atoms with van der Waals surface area (Å²) in [6.07, 6.45) is 3.62. The predicted molar refractivity (Wildman–Crippen MR) is 74.5 cm³/mol. The molecule has 1 heterocycles. The number of aromatic nitrogens is 2. The number of nitrogens with one attached hydrogen (secondary N) is 1. The summed E-state index contributed by atoms with van der Waals surface area (Å²) in [7, 11) is 1.93. The molecule has 4 nitrogen and oxygen atoms in total. The topological polar surface area (TPSA) is 46.9 Å². The summed E-state index contributed by atoms with van der Waals surface area (Å²) in [5, 5.41) is 3.05. The summed E-state index contributed by atoms with van der Waals surface area (Å²) in [5.74, 6) is 0.809. The molecule has 0 aliphatic heterocycles. The Morgan fingerprint density at radius 2 is 1.95 bits per heavy atom. The zero-order valence-corrected chi connectivity index (χ0v) is 11.5. The zero-order valence-electron chi connectivity index (χ0n) is 11.5. The van der Waals surface area contributed by atoms with Crippen LogP contribution in [-0.2, 0) is 11.8 Å². The fraction of sp³-hybridized carbons (Fsp3) is 0.333. The number of nitrogens with zero attached hydrogens (tertiary/aromatic N) is 2. The van der Waals surface area contributed by atoms with Gasteiger partial charge in [0.25, 0.3) is 0 Å². The van der Waals surface area contributed by atoms with Crippen LogP contribution in [0.1, 0.15) is 31.3 Å². The number of benzene rings is 1. The van der Waals surface area contributed by atoms with Gasteiger partial charge in [-0.3, -0.25) is 4.79 Å². The highest BCUT2D eigenvalue weighted by Gasteiger charge is 2.21. The van der Waals surface area contributed by atoms with Crippen LogP contribution < -0.4 is 5.32 Å². The summed E-state index contributed by atoms with van der Waals surface area (Å²) in [5.41, 5.74) is 1.03. The lowest BCUT2D eigenvalue weighted by atomic mass is 10.0. The summed E-state index contributed by atoms with van der Waals surface area (Å²) in [4.78, 5) is 16.3. The Kier molecular flexibility index (Phi) is 4.00. The molecule has 1 aromatic heterocycles. The lowest BCUT2D eigenvalue weighted by Gasteiger charge is -2.20. The molecule has 0 aliphatic rings. The van der Waals surface area contributed by atoms with Gasteiger partial charge in [-0.25, -0.2) is 4.98 Å². The molecule has 4 heteroatoms. The van der Waals surface area contributed by atoms with Crippen LogP contribution in [-0.4, -0.2) is 15.5 Å². The maximum absolute atomic E-state index is 12.0. The molecular formula is C15H19N3O. The molecule has 2 rings (SSSR count). The van der Waals surface area contributed by atoms with E-state index in [0.717, 1.165) is 11.4 Å². The Balaban J connectivity index is 2.35. The number of amides is 1. The van der Waals surface area contributed by atoms with Crippen LogP contribution in [0.4, 0.5) is 0 Å². The third-order valence-corrected chi connectivity index (χ3v) is 3.06. The molecule has 1 aromatic carbocycles. The van der Waals surface area contributed by atoms with E-state index in [1.165, 1.54) is 0 Å². The van der Waals surface area contributed by atoms with E-state index in [-0.39, 0.29) is 17.9 Å². The quantitative estimate of drug-likeness (QED) is 0.913. The Labute approximate surface area is 113 Å². The fourth-order valence-corrected chi connectivity index (χ4v) is 1.91. The van der Waals surface area contributed by atoms with Gasteiger partial charge in [-0.1, -0.05) is 44.2 Å². The Morgan fingerprint density at radius 1 is 1.26 bits per heavy atom. The summed E-state index contributed by atoms with van der Waals surface area (Å²) in [6.45, 7) is 3.77. The Bertz CT molecular complexity index is 546. The number of carbonyl (C=O) groups is 1. The highest BCUT2D eigenvalue weighted by Crippen LogP contribution is 2.20.